The molecule has 1 aliphatic heterocycles. The van der Waals surface area contributed by atoms with Gasteiger partial charge in [-0.2, -0.15) is 5.10 Å². The van der Waals surface area contributed by atoms with Crippen LogP contribution in [0.5, 0.6) is 0 Å². The summed E-state index contributed by atoms with van der Waals surface area (Å²) in [5, 5.41) is 4.22. The van der Waals surface area contributed by atoms with Crippen molar-refractivity contribution in [3.8, 4) is 0 Å². The fourth-order valence-electron chi connectivity index (χ4n) is 2.81. The number of ketones is 1. The first-order valence-electron chi connectivity index (χ1n) is 7.69. The Balaban J connectivity index is 2.28. The molecule has 0 radical (unpaired) electrons. The number of aromatic nitrogens is 1. The lowest BCUT2D eigenvalue weighted by Gasteiger charge is -2.15. The van der Waals surface area contributed by atoms with E-state index in [1.165, 1.54) is 0 Å². The first-order valence-corrected chi connectivity index (χ1v) is 7.69. The van der Waals surface area contributed by atoms with Crippen molar-refractivity contribution in [2.45, 2.75) is 13.8 Å². The molecule has 1 aliphatic rings. The molecule has 1 unspecified atom stereocenters. The number of fused-ring (bicyclic) bond motifs is 1. The molecule has 8 heteroatoms. The number of amides is 1. The highest BCUT2D eigenvalue weighted by molar-refractivity contribution is 6.31. The second kappa shape index (κ2) is 6.31. The molecule has 1 amide bonds. The Hall–Kier alpha value is -3.29. The number of nitrogens with two attached hydrogens (primary N) is 1. The van der Waals surface area contributed by atoms with Crippen molar-refractivity contribution < 1.29 is 19.1 Å². The fourth-order valence-corrected chi connectivity index (χ4v) is 2.81. The van der Waals surface area contributed by atoms with E-state index >= 15 is 0 Å². The number of carbonyl (C=O) groups is 3. The predicted molar refractivity (Wildman–Crippen MR) is 91.2 cm³/mol. The number of para-hydroxylation sites is 1. The van der Waals surface area contributed by atoms with E-state index in [4.69, 9.17) is 10.5 Å². The number of nitrogens with one attached hydrogen (secondary N) is 1. The lowest BCUT2D eigenvalue weighted by atomic mass is 9.89. The number of hydrogen-bond donors (Lipinski definition) is 2. The van der Waals surface area contributed by atoms with Crippen LogP contribution in [0, 0.1) is 5.92 Å². The normalized spacial score (nSPS) is 16.5. The molecule has 1 aromatic carbocycles. The quantitative estimate of drug-likeness (QED) is 0.491. The second-order valence-electron chi connectivity index (χ2n) is 5.51. The number of pyridine rings is 1. The van der Waals surface area contributed by atoms with E-state index in [2.05, 4.69) is 15.5 Å². The lowest BCUT2D eigenvalue weighted by molar-refractivity contribution is -0.121. The number of anilines is 1. The molecule has 128 valence electrons. The number of nitrogens with zero attached hydrogens (tertiary/aromatic N) is 2. The summed E-state index contributed by atoms with van der Waals surface area (Å²) in [6, 6.07) is 6.77. The number of rotatable bonds is 4. The summed E-state index contributed by atoms with van der Waals surface area (Å²) in [5.74, 6) is -3.09. The maximum absolute atomic E-state index is 13.1. The van der Waals surface area contributed by atoms with Crippen LogP contribution in [-0.2, 0) is 9.53 Å². The summed E-state index contributed by atoms with van der Waals surface area (Å²) in [4.78, 5) is 41.7. The van der Waals surface area contributed by atoms with Crippen molar-refractivity contribution in [3.05, 3.63) is 35.4 Å². The summed E-state index contributed by atoms with van der Waals surface area (Å²) < 4.78 is 5.02. The third kappa shape index (κ3) is 2.71. The molecule has 3 N–H and O–H groups in total. The second-order valence-corrected chi connectivity index (χ2v) is 5.51. The van der Waals surface area contributed by atoms with Gasteiger partial charge >= 0.3 is 5.97 Å². The molecular weight excluding hydrogens is 324 g/mol. The van der Waals surface area contributed by atoms with Crippen molar-refractivity contribution in [3.63, 3.8) is 0 Å². The van der Waals surface area contributed by atoms with Gasteiger partial charge in [0.15, 0.2) is 5.78 Å². The van der Waals surface area contributed by atoms with Crippen LogP contribution >= 0.6 is 0 Å². The van der Waals surface area contributed by atoms with Crippen molar-refractivity contribution in [1.82, 2.24) is 10.4 Å². The van der Waals surface area contributed by atoms with Crippen LogP contribution in [0.25, 0.3) is 10.9 Å². The molecule has 0 aliphatic carbocycles. The van der Waals surface area contributed by atoms with E-state index in [9.17, 15) is 14.4 Å². The van der Waals surface area contributed by atoms with Gasteiger partial charge in [0.05, 0.1) is 17.8 Å². The van der Waals surface area contributed by atoms with Crippen LogP contribution in [0.4, 0.5) is 5.82 Å². The zero-order valence-corrected chi connectivity index (χ0v) is 13.7. The number of esters is 1. The van der Waals surface area contributed by atoms with Gasteiger partial charge in [0.2, 0.25) is 0 Å². The van der Waals surface area contributed by atoms with Gasteiger partial charge in [-0.1, -0.05) is 18.2 Å². The Kier molecular flexibility index (Phi) is 4.18. The Labute approximate surface area is 143 Å². The molecule has 2 heterocycles. The van der Waals surface area contributed by atoms with Gasteiger partial charge in [-0.3, -0.25) is 9.59 Å². The largest absolute Gasteiger partial charge is 0.462 e. The number of hydrazone groups is 1. The first-order chi connectivity index (χ1) is 12.0. The third-order valence-electron chi connectivity index (χ3n) is 3.93. The van der Waals surface area contributed by atoms with Crippen LogP contribution < -0.4 is 11.2 Å². The van der Waals surface area contributed by atoms with Gasteiger partial charge in [0, 0.05) is 10.9 Å². The van der Waals surface area contributed by atoms with Crippen molar-refractivity contribution in [2.24, 2.45) is 11.0 Å². The number of hydrogen-bond acceptors (Lipinski definition) is 7. The summed E-state index contributed by atoms with van der Waals surface area (Å²) in [6.45, 7) is 3.33. The van der Waals surface area contributed by atoms with E-state index in [0.717, 1.165) is 0 Å². The van der Waals surface area contributed by atoms with Gasteiger partial charge in [-0.15, -0.1) is 0 Å². The van der Waals surface area contributed by atoms with E-state index < -0.39 is 23.6 Å². The van der Waals surface area contributed by atoms with E-state index in [0.29, 0.717) is 16.6 Å². The SMILES string of the molecule is CCOC(=O)c1c(N)nc2ccccc2c1C(=O)C1C(=O)NN=C1C. The summed E-state index contributed by atoms with van der Waals surface area (Å²) in [5.41, 5.74) is 8.87. The highest BCUT2D eigenvalue weighted by Gasteiger charge is 2.38. The first kappa shape index (κ1) is 16.6. The number of carbonyl (C=O) groups excluding carboxylic acids is 3. The molecule has 1 aromatic heterocycles. The topological polar surface area (TPSA) is 124 Å². The zero-order chi connectivity index (χ0) is 18.1. The van der Waals surface area contributed by atoms with Gasteiger partial charge in [-0.05, 0) is 19.9 Å². The molecule has 0 spiro atoms. The van der Waals surface area contributed by atoms with E-state index in [-0.39, 0.29) is 23.6 Å². The van der Waals surface area contributed by atoms with E-state index in [1.807, 2.05) is 0 Å². The minimum atomic E-state index is -1.11. The third-order valence-corrected chi connectivity index (χ3v) is 3.93. The van der Waals surface area contributed by atoms with Crippen LogP contribution in [0.1, 0.15) is 34.6 Å². The number of nitrogen functional groups attached to an aromatic ring is 1. The number of ether oxygens (including phenoxy) is 1. The van der Waals surface area contributed by atoms with Gasteiger partial charge in [0.1, 0.15) is 17.3 Å². The maximum Gasteiger partial charge on any atom is 0.342 e. The Morgan fingerprint density at radius 2 is 2.00 bits per heavy atom. The summed E-state index contributed by atoms with van der Waals surface area (Å²) in [6.07, 6.45) is 0. The van der Waals surface area contributed by atoms with Gasteiger partial charge < -0.3 is 10.5 Å². The zero-order valence-electron chi connectivity index (χ0n) is 13.7. The molecule has 0 fully saturated rings. The van der Waals surface area contributed by atoms with Crippen molar-refractivity contribution >= 4 is 40.1 Å². The minimum Gasteiger partial charge on any atom is -0.462 e. The average molecular weight is 340 g/mol. The number of benzene rings is 1. The predicted octanol–water partition coefficient (Wildman–Crippen LogP) is 1.30. The maximum atomic E-state index is 13.1. The van der Waals surface area contributed by atoms with Crippen LogP contribution in [0.2, 0.25) is 0 Å². The Morgan fingerprint density at radius 1 is 1.28 bits per heavy atom. The van der Waals surface area contributed by atoms with Crippen LogP contribution in [0.15, 0.2) is 29.4 Å². The Morgan fingerprint density at radius 3 is 2.64 bits per heavy atom. The smallest absolute Gasteiger partial charge is 0.342 e. The summed E-state index contributed by atoms with van der Waals surface area (Å²) >= 11 is 0. The molecule has 0 saturated heterocycles. The fraction of sp³-hybridized carbons (Fsp3) is 0.235. The monoisotopic (exact) mass is 340 g/mol. The molecule has 25 heavy (non-hydrogen) atoms. The highest BCUT2D eigenvalue weighted by Crippen LogP contribution is 2.29. The molecular formula is C17H16N4O4. The summed E-state index contributed by atoms with van der Waals surface area (Å²) in [7, 11) is 0. The highest BCUT2D eigenvalue weighted by atomic mass is 16.5. The molecule has 2 aromatic rings. The van der Waals surface area contributed by atoms with Crippen LogP contribution in [-0.4, -0.2) is 35.0 Å². The molecule has 0 saturated carbocycles. The lowest BCUT2D eigenvalue weighted by Crippen LogP contribution is -2.31. The number of Topliss-reactive ketones (excluding diaryl/α,β-unsaturated/α-hetero) is 1. The standard InChI is InChI=1S/C17H16N4O4/c1-3-25-17(24)13-12(14(22)11-8(2)20-21-16(11)23)9-6-4-5-7-10(9)19-15(13)18/h4-7,11H,3H2,1-2H3,(H2,18,19)(H,21,23). The van der Waals surface area contributed by atoms with Gasteiger partial charge in [0.25, 0.3) is 5.91 Å². The Bertz CT molecular complexity index is 936. The van der Waals surface area contributed by atoms with Gasteiger partial charge in [-0.25, -0.2) is 15.2 Å². The molecule has 3 rings (SSSR count). The van der Waals surface area contributed by atoms with Crippen molar-refractivity contribution in [2.75, 3.05) is 12.3 Å². The molecule has 8 nitrogen and oxygen atoms in total. The minimum absolute atomic E-state index is 0.0261. The molecule has 0 bridgehead atoms. The molecule has 1 atom stereocenters. The van der Waals surface area contributed by atoms with Crippen LogP contribution in [0.3, 0.4) is 0 Å². The van der Waals surface area contributed by atoms with E-state index in [1.54, 1.807) is 38.1 Å². The average Bonchev–Trinajstić information content (AvgIpc) is 2.91. The van der Waals surface area contributed by atoms with Crippen molar-refractivity contribution in [1.29, 1.82) is 0 Å².